The predicted molar refractivity (Wildman–Crippen MR) is 97.1 cm³/mol. The van der Waals surface area contributed by atoms with Gasteiger partial charge >= 0.3 is 0 Å². The maximum atomic E-state index is 14.5. The highest BCUT2D eigenvalue weighted by atomic mass is 19.1. The van der Waals surface area contributed by atoms with Crippen LogP contribution in [0.5, 0.6) is 5.75 Å². The van der Waals surface area contributed by atoms with E-state index in [-0.39, 0.29) is 11.3 Å². The number of alkyl halides is 1. The molecule has 1 spiro atoms. The first-order chi connectivity index (χ1) is 12.5. The Hall–Kier alpha value is -2.36. The molecule has 4 heteroatoms. The Morgan fingerprint density at radius 2 is 1.81 bits per heavy atom. The van der Waals surface area contributed by atoms with Crippen molar-refractivity contribution in [1.29, 1.82) is 0 Å². The first-order valence-corrected chi connectivity index (χ1v) is 9.29. The Morgan fingerprint density at radius 1 is 1.08 bits per heavy atom. The third kappa shape index (κ3) is 2.43. The molecule has 2 saturated carbocycles. The molecule has 2 aromatic carbocycles. The lowest BCUT2D eigenvalue weighted by atomic mass is 9.84. The fraction of sp³-hybridized carbons (Fsp3) is 0.409. The number of methoxy groups -OCH3 is 1. The zero-order valence-corrected chi connectivity index (χ0v) is 14.9. The van der Waals surface area contributed by atoms with Crippen molar-refractivity contribution < 1.29 is 13.9 Å². The van der Waals surface area contributed by atoms with Crippen LogP contribution in [0.25, 0.3) is 0 Å². The van der Waals surface area contributed by atoms with E-state index in [1.807, 2.05) is 47.4 Å². The molecule has 1 aliphatic heterocycles. The molecular formula is C22H22FNO2. The Kier molecular flexibility index (Phi) is 3.25. The second-order valence-electron chi connectivity index (χ2n) is 8.02. The lowest BCUT2D eigenvalue weighted by Crippen LogP contribution is -2.43. The van der Waals surface area contributed by atoms with Crippen LogP contribution >= 0.6 is 0 Å². The van der Waals surface area contributed by atoms with E-state index in [1.165, 1.54) is 0 Å². The third-order valence-corrected chi connectivity index (χ3v) is 6.19. The Morgan fingerprint density at radius 3 is 2.42 bits per heavy atom. The van der Waals surface area contributed by atoms with Crippen LogP contribution < -0.4 is 4.74 Å². The molecule has 0 radical (unpaired) electrons. The number of hydrogen-bond acceptors (Lipinski definition) is 2. The number of hydrogen-bond donors (Lipinski definition) is 0. The van der Waals surface area contributed by atoms with Gasteiger partial charge in [-0.15, -0.1) is 0 Å². The van der Waals surface area contributed by atoms with Crippen molar-refractivity contribution in [3.8, 4) is 5.75 Å². The van der Waals surface area contributed by atoms with Gasteiger partial charge in [-0.25, -0.2) is 4.39 Å². The Balaban J connectivity index is 1.45. The van der Waals surface area contributed by atoms with Gasteiger partial charge in [-0.3, -0.25) is 4.79 Å². The fourth-order valence-corrected chi connectivity index (χ4v) is 4.20. The predicted octanol–water partition coefficient (Wildman–Crippen LogP) is 4.34. The second kappa shape index (κ2) is 5.32. The quantitative estimate of drug-likeness (QED) is 0.820. The SMILES string of the molecule is COc1ccc(CN2CC3(CC3)c3cc(C4(F)CC4)ccc3C2=O)cc1. The van der Waals surface area contributed by atoms with Gasteiger partial charge in [0.2, 0.25) is 0 Å². The molecule has 1 amide bonds. The van der Waals surface area contributed by atoms with Crippen LogP contribution in [0.4, 0.5) is 4.39 Å². The monoisotopic (exact) mass is 351 g/mol. The van der Waals surface area contributed by atoms with Crippen molar-refractivity contribution in [3.63, 3.8) is 0 Å². The standard InChI is InChI=1S/C22H22FNO2/c1-26-17-5-2-15(3-6-17)13-24-14-21(8-9-21)19-12-16(22(23)10-11-22)4-7-18(19)20(24)25/h2-7,12H,8-11,13-14H2,1H3. The van der Waals surface area contributed by atoms with Crippen LogP contribution in [0.1, 0.15) is 52.7 Å². The van der Waals surface area contributed by atoms with Crippen molar-refractivity contribution >= 4 is 5.91 Å². The lowest BCUT2D eigenvalue weighted by molar-refractivity contribution is 0.0698. The summed E-state index contributed by atoms with van der Waals surface area (Å²) in [5.74, 6) is 0.874. The molecule has 0 bridgehead atoms. The van der Waals surface area contributed by atoms with Crippen LogP contribution in [-0.4, -0.2) is 24.5 Å². The molecule has 0 N–H and O–H groups in total. The minimum absolute atomic E-state index is 0.0387. The molecule has 0 saturated heterocycles. The molecule has 0 atom stereocenters. The molecule has 1 heterocycles. The average molecular weight is 351 g/mol. The number of fused-ring (bicyclic) bond motifs is 2. The second-order valence-corrected chi connectivity index (χ2v) is 8.02. The smallest absolute Gasteiger partial charge is 0.254 e. The molecule has 26 heavy (non-hydrogen) atoms. The van der Waals surface area contributed by atoms with Crippen molar-refractivity contribution in [1.82, 2.24) is 4.90 Å². The van der Waals surface area contributed by atoms with E-state index in [0.29, 0.717) is 19.4 Å². The number of amides is 1. The van der Waals surface area contributed by atoms with Crippen LogP contribution in [0.3, 0.4) is 0 Å². The highest BCUT2D eigenvalue weighted by Crippen LogP contribution is 2.55. The zero-order valence-electron chi connectivity index (χ0n) is 14.9. The summed E-state index contributed by atoms with van der Waals surface area (Å²) in [5.41, 5.74) is 2.59. The molecule has 5 rings (SSSR count). The number of halogens is 1. The van der Waals surface area contributed by atoms with Crippen LogP contribution in [-0.2, 0) is 17.6 Å². The van der Waals surface area contributed by atoms with E-state index in [1.54, 1.807) is 7.11 Å². The maximum Gasteiger partial charge on any atom is 0.254 e. The minimum atomic E-state index is -1.14. The summed E-state index contributed by atoms with van der Waals surface area (Å²) in [6, 6.07) is 13.5. The highest BCUT2D eigenvalue weighted by molar-refractivity contribution is 5.98. The molecule has 3 nitrogen and oxygen atoms in total. The number of carbonyl (C=O) groups is 1. The van der Waals surface area contributed by atoms with E-state index < -0.39 is 5.67 Å². The first kappa shape index (κ1) is 15.9. The van der Waals surface area contributed by atoms with Crippen LogP contribution in [0.15, 0.2) is 42.5 Å². The molecule has 0 unspecified atom stereocenters. The largest absolute Gasteiger partial charge is 0.497 e. The van der Waals surface area contributed by atoms with E-state index in [2.05, 4.69) is 0 Å². The van der Waals surface area contributed by atoms with E-state index >= 15 is 0 Å². The van der Waals surface area contributed by atoms with Gasteiger partial charge in [-0.05, 0) is 60.6 Å². The summed E-state index contributed by atoms with van der Waals surface area (Å²) in [4.78, 5) is 15.0. The van der Waals surface area contributed by atoms with Gasteiger partial charge in [0, 0.05) is 24.1 Å². The van der Waals surface area contributed by atoms with E-state index in [4.69, 9.17) is 4.74 Å². The molecule has 134 valence electrons. The lowest BCUT2D eigenvalue weighted by Gasteiger charge is -2.35. The number of carbonyl (C=O) groups excluding carboxylic acids is 1. The van der Waals surface area contributed by atoms with Crippen LogP contribution in [0.2, 0.25) is 0 Å². The van der Waals surface area contributed by atoms with Gasteiger partial charge in [0.1, 0.15) is 11.4 Å². The van der Waals surface area contributed by atoms with Crippen molar-refractivity contribution in [2.75, 3.05) is 13.7 Å². The highest BCUT2D eigenvalue weighted by Gasteiger charge is 2.53. The third-order valence-electron chi connectivity index (χ3n) is 6.19. The van der Waals surface area contributed by atoms with Gasteiger partial charge in [0.25, 0.3) is 5.91 Å². The van der Waals surface area contributed by atoms with E-state index in [0.717, 1.165) is 47.4 Å². The van der Waals surface area contributed by atoms with Crippen LogP contribution in [0, 0.1) is 0 Å². The summed E-state index contributed by atoms with van der Waals surface area (Å²) >= 11 is 0. The van der Waals surface area contributed by atoms with Crippen molar-refractivity contribution in [3.05, 3.63) is 64.7 Å². The molecule has 3 aliphatic rings. The Labute approximate surface area is 152 Å². The molecular weight excluding hydrogens is 329 g/mol. The normalized spacial score (nSPS) is 21.5. The van der Waals surface area contributed by atoms with E-state index in [9.17, 15) is 9.18 Å². The average Bonchev–Trinajstić information content (AvgIpc) is 3.59. The molecule has 0 aromatic heterocycles. The molecule has 2 fully saturated rings. The molecule has 2 aliphatic carbocycles. The number of benzene rings is 2. The summed E-state index contributed by atoms with van der Waals surface area (Å²) in [7, 11) is 1.65. The number of rotatable bonds is 4. The summed E-state index contributed by atoms with van der Waals surface area (Å²) in [6.07, 6.45) is 3.37. The maximum absolute atomic E-state index is 14.5. The van der Waals surface area contributed by atoms with Gasteiger partial charge in [-0.2, -0.15) is 0 Å². The van der Waals surface area contributed by atoms with Crippen molar-refractivity contribution in [2.45, 2.75) is 43.3 Å². The van der Waals surface area contributed by atoms with Gasteiger partial charge in [0.15, 0.2) is 0 Å². The minimum Gasteiger partial charge on any atom is -0.497 e. The number of ether oxygens (including phenoxy) is 1. The topological polar surface area (TPSA) is 29.5 Å². The number of nitrogens with zero attached hydrogens (tertiary/aromatic N) is 1. The van der Waals surface area contributed by atoms with Gasteiger partial charge in [-0.1, -0.05) is 24.3 Å². The van der Waals surface area contributed by atoms with Crippen molar-refractivity contribution in [2.24, 2.45) is 0 Å². The molecule has 2 aromatic rings. The Bertz CT molecular complexity index is 882. The fourth-order valence-electron chi connectivity index (χ4n) is 4.20. The van der Waals surface area contributed by atoms with Gasteiger partial charge in [0.05, 0.1) is 7.11 Å². The van der Waals surface area contributed by atoms with Gasteiger partial charge < -0.3 is 9.64 Å². The zero-order chi connectivity index (χ0) is 17.9. The summed E-state index contributed by atoms with van der Waals surface area (Å²) < 4.78 is 19.7. The summed E-state index contributed by atoms with van der Waals surface area (Å²) in [6.45, 7) is 1.33. The first-order valence-electron chi connectivity index (χ1n) is 9.29. The summed E-state index contributed by atoms with van der Waals surface area (Å²) in [5, 5.41) is 0.